The van der Waals surface area contributed by atoms with E-state index >= 15 is 0 Å². The Bertz CT molecular complexity index is 614. The maximum atomic E-state index is 13.4. The number of rotatable bonds is 5. The third-order valence-corrected chi connectivity index (χ3v) is 3.84. The first-order chi connectivity index (χ1) is 9.58. The molecule has 0 spiro atoms. The highest BCUT2D eigenvalue weighted by atomic mass is 32.2. The molecule has 106 valence electrons. The van der Waals surface area contributed by atoms with Gasteiger partial charge in [-0.2, -0.15) is 0 Å². The molecule has 0 radical (unpaired) electrons. The zero-order valence-corrected chi connectivity index (χ0v) is 12.1. The highest BCUT2D eigenvalue weighted by molar-refractivity contribution is 7.99. The Balaban J connectivity index is 1.82. The Morgan fingerprint density at radius 3 is 2.80 bits per heavy atom. The summed E-state index contributed by atoms with van der Waals surface area (Å²) in [5.41, 5.74) is 0.473. The van der Waals surface area contributed by atoms with Crippen LogP contribution in [0.4, 0.5) is 4.39 Å². The third-order valence-electron chi connectivity index (χ3n) is 2.82. The fourth-order valence-corrected chi connectivity index (χ4v) is 2.32. The van der Waals surface area contributed by atoms with Gasteiger partial charge >= 0.3 is 0 Å². The largest absolute Gasteiger partial charge is 0.351 e. The molecule has 5 nitrogen and oxygen atoms in total. The van der Waals surface area contributed by atoms with E-state index in [2.05, 4.69) is 15.5 Å². The zero-order valence-electron chi connectivity index (χ0n) is 11.3. The quantitative estimate of drug-likeness (QED) is 0.852. The monoisotopic (exact) mass is 294 g/mol. The molecule has 1 aromatic heterocycles. The second-order valence-electron chi connectivity index (χ2n) is 4.25. The summed E-state index contributed by atoms with van der Waals surface area (Å²) in [6.45, 7) is 2.03. The minimum absolute atomic E-state index is 0.168. The van der Waals surface area contributed by atoms with Crippen LogP contribution in [-0.2, 0) is 18.4 Å². The van der Waals surface area contributed by atoms with Crippen LogP contribution in [0.3, 0.4) is 0 Å². The molecule has 0 bridgehead atoms. The van der Waals surface area contributed by atoms with Gasteiger partial charge in [-0.3, -0.25) is 4.79 Å². The number of amides is 1. The number of nitrogens with zero attached hydrogens (tertiary/aromatic N) is 3. The van der Waals surface area contributed by atoms with Crippen LogP contribution in [0.1, 0.15) is 11.4 Å². The molecule has 1 heterocycles. The lowest BCUT2D eigenvalue weighted by molar-refractivity contribution is -0.118. The number of nitrogens with one attached hydrogen (secondary N) is 1. The van der Waals surface area contributed by atoms with E-state index < -0.39 is 0 Å². The fourth-order valence-electron chi connectivity index (χ4n) is 1.53. The van der Waals surface area contributed by atoms with Gasteiger partial charge in [0.2, 0.25) is 5.91 Å². The van der Waals surface area contributed by atoms with Gasteiger partial charge in [-0.25, -0.2) is 4.39 Å². The Labute approximate surface area is 120 Å². The van der Waals surface area contributed by atoms with Crippen molar-refractivity contribution in [1.82, 2.24) is 20.1 Å². The third kappa shape index (κ3) is 3.57. The maximum absolute atomic E-state index is 13.4. The van der Waals surface area contributed by atoms with Gasteiger partial charge in [-0.15, -0.1) is 10.2 Å². The van der Waals surface area contributed by atoms with Gasteiger partial charge in [0.15, 0.2) is 5.16 Å². The Hall–Kier alpha value is -1.89. The van der Waals surface area contributed by atoms with Crippen LogP contribution in [0.2, 0.25) is 0 Å². The van der Waals surface area contributed by atoms with Crippen LogP contribution >= 0.6 is 11.8 Å². The predicted octanol–water partition coefficient (Wildman–Crippen LogP) is 1.67. The van der Waals surface area contributed by atoms with Crippen LogP contribution in [-0.4, -0.2) is 26.4 Å². The molecule has 1 aromatic carbocycles. The highest BCUT2D eigenvalue weighted by Gasteiger charge is 2.09. The molecule has 0 fully saturated rings. The van der Waals surface area contributed by atoms with Gasteiger partial charge in [0.1, 0.15) is 11.6 Å². The summed E-state index contributed by atoms with van der Waals surface area (Å²) >= 11 is 1.30. The van der Waals surface area contributed by atoms with Crippen molar-refractivity contribution in [3.05, 3.63) is 41.5 Å². The van der Waals surface area contributed by atoms with Crippen molar-refractivity contribution < 1.29 is 9.18 Å². The smallest absolute Gasteiger partial charge is 0.230 e. The van der Waals surface area contributed by atoms with E-state index in [0.29, 0.717) is 10.7 Å². The van der Waals surface area contributed by atoms with Crippen LogP contribution in [0.25, 0.3) is 0 Å². The van der Waals surface area contributed by atoms with Gasteiger partial charge in [0.05, 0.1) is 5.75 Å². The van der Waals surface area contributed by atoms with Crippen molar-refractivity contribution in [2.24, 2.45) is 7.05 Å². The minimum atomic E-state index is -0.315. The lowest BCUT2D eigenvalue weighted by Gasteiger charge is -2.06. The molecule has 7 heteroatoms. The van der Waals surface area contributed by atoms with Gasteiger partial charge in [-0.1, -0.05) is 30.0 Å². The minimum Gasteiger partial charge on any atom is -0.351 e. The van der Waals surface area contributed by atoms with Gasteiger partial charge in [0.25, 0.3) is 0 Å². The second kappa shape index (κ2) is 6.51. The number of aryl methyl sites for hydroxylation is 1. The maximum Gasteiger partial charge on any atom is 0.230 e. The molecule has 0 aliphatic carbocycles. The first-order valence-electron chi connectivity index (χ1n) is 6.07. The summed E-state index contributed by atoms with van der Waals surface area (Å²) in [5, 5.41) is 11.2. The molecule has 0 saturated heterocycles. The molecule has 1 amide bonds. The summed E-state index contributed by atoms with van der Waals surface area (Å²) in [4.78, 5) is 11.7. The fraction of sp³-hybridized carbons (Fsp3) is 0.308. The summed E-state index contributed by atoms with van der Waals surface area (Å²) in [5.74, 6) is 0.531. The standard InChI is InChI=1S/C13H15FN4OS/c1-9-16-17-13(18(9)2)20-8-12(19)15-7-10-5-3-4-6-11(10)14/h3-6H,7-8H2,1-2H3,(H,15,19). The summed E-state index contributed by atoms with van der Waals surface area (Å²) < 4.78 is 15.2. The number of thioether (sulfide) groups is 1. The lowest BCUT2D eigenvalue weighted by Crippen LogP contribution is -2.25. The van der Waals surface area contributed by atoms with E-state index in [1.54, 1.807) is 18.2 Å². The SMILES string of the molecule is Cc1nnc(SCC(=O)NCc2ccccc2F)n1C. The van der Waals surface area contributed by atoms with Crippen LogP contribution in [0, 0.1) is 12.7 Å². The average Bonchev–Trinajstić information content (AvgIpc) is 2.76. The van der Waals surface area contributed by atoms with Crippen molar-refractivity contribution in [2.75, 3.05) is 5.75 Å². The molecular formula is C13H15FN4OS. The lowest BCUT2D eigenvalue weighted by atomic mass is 10.2. The van der Waals surface area contributed by atoms with Crippen molar-refractivity contribution in [2.45, 2.75) is 18.6 Å². The number of carbonyl (C=O) groups is 1. The molecule has 20 heavy (non-hydrogen) atoms. The molecule has 2 rings (SSSR count). The number of benzene rings is 1. The Kier molecular flexibility index (Phi) is 4.73. The molecular weight excluding hydrogens is 279 g/mol. The molecule has 2 aromatic rings. The number of carbonyl (C=O) groups excluding carboxylic acids is 1. The first-order valence-corrected chi connectivity index (χ1v) is 7.05. The van der Waals surface area contributed by atoms with E-state index in [1.807, 2.05) is 18.5 Å². The van der Waals surface area contributed by atoms with E-state index in [9.17, 15) is 9.18 Å². The van der Waals surface area contributed by atoms with Crippen molar-refractivity contribution in [3.8, 4) is 0 Å². The molecule has 0 saturated carbocycles. The van der Waals surface area contributed by atoms with Crippen molar-refractivity contribution >= 4 is 17.7 Å². The Morgan fingerprint density at radius 1 is 1.40 bits per heavy atom. The second-order valence-corrected chi connectivity index (χ2v) is 5.19. The summed E-state index contributed by atoms with van der Waals surface area (Å²) in [6, 6.07) is 6.38. The summed E-state index contributed by atoms with van der Waals surface area (Å²) in [6.07, 6.45) is 0. The average molecular weight is 294 g/mol. The van der Waals surface area contributed by atoms with Crippen LogP contribution < -0.4 is 5.32 Å². The van der Waals surface area contributed by atoms with Gasteiger partial charge < -0.3 is 9.88 Å². The van der Waals surface area contributed by atoms with E-state index in [0.717, 1.165) is 5.82 Å². The topological polar surface area (TPSA) is 59.8 Å². The molecule has 0 unspecified atom stereocenters. The predicted molar refractivity (Wildman–Crippen MR) is 74.7 cm³/mol. The number of hydrogen-bond donors (Lipinski definition) is 1. The van der Waals surface area contributed by atoms with E-state index in [-0.39, 0.29) is 24.0 Å². The normalized spacial score (nSPS) is 10.6. The molecule has 0 atom stereocenters. The zero-order chi connectivity index (χ0) is 14.5. The Morgan fingerprint density at radius 2 is 2.15 bits per heavy atom. The number of hydrogen-bond acceptors (Lipinski definition) is 4. The number of halogens is 1. The van der Waals surface area contributed by atoms with E-state index in [4.69, 9.17) is 0 Å². The van der Waals surface area contributed by atoms with Crippen molar-refractivity contribution in [3.63, 3.8) is 0 Å². The van der Waals surface area contributed by atoms with Gasteiger partial charge in [-0.05, 0) is 13.0 Å². The van der Waals surface area contributed by atoms with E-state index in [1.165, 1.54) is 17.8 Å². The number of aromatic nitrogens is 3. The van der Waals surface area contributed by atoms with Crippen molar-refractivity contribution in [1.29, 1.82) is 0 Å². The molecule has 0 aliphatic heterocycles. The molecule has 1 N–H and O–H groups in total. The highest BCUT2D eigenvalue weighted by Crippen LogP contribution is 2.14. The van der Waals surface area contributed by atoms with Gasteiger partial charge in [0, 0.05) is 19.2 Å². The van der Waals surface area contributed by atoms with Crippen LogP contribution in [0.5, 0.6) is 0 Å². The molecule has 0 aliphatic rings. The van der Waals surface area contributed by atoms with Crippen LogP contribution in [0.15, 0.2) is 29.4 Å². The summed E-state index contributed by atoms with van der Waals surface area (Å²) in [7, 11) is 1.84. The first kappa shape index (κ1) is 14.5.